The van der Waals surface area contributed by atoms with Gasteiger partial charge in [-0.15, -0.1) is 0 Å². The molecular weight excluding hydrogens is 422 g/mol. The van der Waals surface area contributed by atoms with E-state index in [9.17, 15) is 14.9 Å². The number of carbonyl (C=O) groups is 1. The summed E-state index contributed by atoms with van der Waals surface area (Å²) in [7, 11) is 0. The standard InChI is InChI=1S/C24H23N5O4/c30-24(28-25-15-18-7-4-8-20(13-18)29(31)32)23-14-22(26-27-23)19-9-11-21(12-10-19)33-16-17-5-2-1-3-6-17/h1-13,15,22-23,26-27H,14,16H2,(H,28,30)/b25-15+. The molecule has 1 heterocycles. The van der Waals surface area contributed by atoms with Crippen LogP contribution in [0.25, 0.3) is 0 Å². The third-order valence-corrected chi connectivity index (χ3v) is 5.22. The zero-order chi connectivity index (χ0) is 23.0. The Hall–Kier alpha value is -4.08. The monoisotopic (exact) mass is 445 g/mol. The molecule has 1 fully saturated rings. The minimum atomic E-state index is -0.480. The van der Waals surface area contributed by atoms with Crippen molar-refractivity contribution in [1.82, 2.24) is 16.3 Å². The lowest BCUT2D eigenvalue weighted by Crippen LogP contribution is -2.41. The number of hydrazine groups is 1. The molecule has 0 radical (unpaired) electrons. The smallest absolute Gasteiger partial charge is 0.270 e. The summed E-state index contributed by atoms with van der Waals surface area (Å²) >= 11 is 0. The number of hydrazone groups is 1. The first-order valence-corrected chi connectivity index (χ1v) is 10.4. The number of rotatable bonds is 8. The Labute approximate surface area is 190 Å². The van der Waals surface area contributed by atoms with Gasteiger partial charge >= 0.3 is 0 Å². The molecule has 168 valence electrons. The fourth-order valence-electron chi connectivity index (χ4n) is 3.45. The number of benzene rings is 3. The van der Waals surface area contributed by atoms with Crippen LogP contribution in [0.3, 0.4) is 0 Å². The molecule has 4 rings (SSSR count). The van der Waals surface area contributed by atoms with Crippen LogP contribution in [0, 0.1) is 10.1 Å². The Balaban J connectivity index is 1.26. The molecule has 33 heavy (non-hydrogen) atoms. The summed E-state index contributed by atoms with van der Waals surface area (Å²) in [6.07, 6.45) is 1.92. The molecule has 1 saturated heterocycles. The molecule has 1 aliphatic heterocycles. The fourth-order valence-corrected chi connectivity index (χ4v) is 3.45. The Kier molecular flexibility index (Phi) is 7.03. The van der Waals surface area contributed by atoms with Gasteiger partial charge in [0.05, 0.1) is 11.1 Å². The van der Waals surface area contributed by atoms with Gasteiger partial charge in [0.2, 0.25) is 0 Å². The van der Waals surface area contributed by atoms with Crippen molar-refractivity contribution in [3.63, 3.8) is 0 Å². The second kappa shape index (κ2) is 10.5. The van der Waals surface area contributed by atoms with Crippen molar-refractivity contribution < 1.29 is 14.5 Å². The molecule has 9 heteroatoms. The van der Waals surface area contributed by atoms with Crippen LogP contribution in [0.2, 0.25) is 0 Å². The Bertz CT molecular complexity index is 1140. The van der Waals surface area contributed by atoms with Crippen molar-refractivity contribution in [1.29, 1.82) is 0 Å². The molecule has 1 aliphatic rings. The van der Waals surface area contributed by atoms with E-state index in [1.54, 1.807) is 12.1 Å². The highest BCUT2D eigenvalue weighted by molar-refractivity contribution is 5.85. The number of carbonyl (C=O) groups excluding carboxylic acids is 1. The van der Waals surface area contributed by atoms with Crippen LogP contribution in [0.4, 0.5) is 5.69 Å². The summed E-state index contributed by atoms with van der Waals surface area (Å²) in [4.78, 5) is 22.8. The number of amides is 1. The maximum Gasteiger partial charge on any atom is 0.270 e. The molecular formula is C24H23N5O4. The Morgan fingerprint density at radius 1 is 1.09 bits per heavy atom. The van der Waals surface area contributed by atoms with E-state index < -0.39 is 11.0 Å². The predicted molar refractivity (Wildman–Crippen MR) is 123 cm³/mol. The van der Waals surface area contributed by atoms with Crippen molar-refractivity contribution in [2.24, 2.45) is 5.10 Å². The van der Waals surface area contributed by atoms with Crippen LogP contribution in [0.15, 0.2) is 84.0 Å². The number of nitro groups is 1. The number of hydrogen-bond donors (Lipinski definition) is 3. The third-order valence-electron chi connectivity index (χ3n) is 5.22. The van der Waals surface area contributed by atoms with E-state index in [4.69, 9.17) is 4.74 Å². The third kappa shape index (κ3) is 6.00. The minimum Gasteiger partial charge on any atom is -0.489 e. The van der Waals surface area contributed by atoms with E-state index in [2.05, 4.69) is 21.4 Å². The van der Waals surface area contributed by atoms with Crippen molar-refractivity contribution >= 4 is 17.8 Å². The highest BCUT2D eigenvalue weighted by Gasteiger charge is 2.30. The van der Waals surface area contributed by atoms with E-state index in [-0.39, 0.29) is 17.6 Å². The van der Waals surface area contributed by atoms with Crippen molar-refractivity contribution in [3.8, 4) is 5.75 Å². The largest absolute Gasteiger partial charge is 0.489 e. The van der Waals surface area contributed by atoms with Gasteiger partial charge in [0.25, 0.3) is 11.6 Å². The predicted octanol–water partition coefficient (Wildman–Crippen LogP) is 3.23. The molecule has 2 unspecified atom stereocenters. The summed E-state index contributed by atoms with van der Waals surface area (Å²) in [6, 6.07) is 23.2. The average Bonchev–Trinajstić information content (AvgIpc) is 3.34. The SMILES string of the molecule is O=C(N/N=C/c1cccc([N+](=O)[O-])c1)C1CC(c2ccc(OCc3ccccc3)cc2)NN1. The van der Waals surface area contributed by atoms with Gasteiger partial charge in [-0.1, -0.05) is 54.6 Å². The van der Waals surface area contributed by atoms with Gasteiger partial charge < -0.3 is 4.74 Å². The van der Waals surface area contributed by atoms with Crippen LogP contribution in [-0.4, -0.2) is 23.1 Å². The first-order valence-electron chi connectivity index (χ1n) is 10.4. The lowest BCUT2D eigenvalue weighted by atomic mass is 10.0. The molecule has 3 aromatic rings. The molecule has 3 N–H and O–H groups in total. The van der Waals surface area contributed by atoms with Gasteiger partial charge in [-0.3, -0.25) is 14.9 Å². The van der Waals surface area contributed by atoms with Crippen LogP contribution in [0.1, 0.15) is 29.2 Å². The fraction of sp³-hybridized carbons (Fsp3) is 0.167. The zero-order valence-electron chi connectivity index (χ0n) is 17.7. The van der Waals surface area contributed by atoms with E-state index >= 15 is 0 Å². The molecule has 1 amide bonds. The number of non-ortho nitro benzene ring substituents is 1. The molecule has 9 nitrogen and oxygen atoms in total. The van der Waals surface area contributed by atoms with E-state index in [1.807, 2.05) is 54.6 Å². The number of nitrogens with zero attached hydrogens (tertiary/aromatic N) is 2. The van der Waals surface area contributed by atoms with Gasteiger partial charge in [0.15, 0.2) is 0 Å². The summed E-state index contributed by atoms with van der Waals surface area (Å²) in [5.41, 5.74) is 11.2. The van der Waals surface area contributed by atoms with Crippen LogP contribution in [-0.2, 0) is 11.4 Å². The van der Waals surface area contributed by atoms with E-state index in [1.165, 1.54) is 18.3 Å². The number of nitro benzene ring substituents is 1. The molecule has 0 bridgehead atoms. The van der Waals surface area contributed by atoms with Gasteiger partial charge in [-0.05, 0) is 29.7 Å². The molecule has 2 atom stereocenters. The maximum absolute atomic E-state index is 12.4. The Morgan fingerprint density at radius 2 is 1.88 bits per heavy atom. The number of hydrogen-bond acceptors (Lipinski definition) is 7. The normalized spacial score (nSPS) is 17.7. The number of ether oxygens (including phenoxy) is 1. The van der Waals surface area contributed by atoms with Gasteiger partial charge in [-0.25, -0.2) is 16.3 Å². The molecule has 0 aliphatic carbocycles. The molecule has 0 saturated carbocycles. The van der Waals surface area contributed by atoms with Crippen molar-refractivity contribution in [3.05, 3.63) is 106 Å². The maximum atomic E-state index is 12.4. The van der Waals surface area contributed by atoms with E-state index in [0.29, 0.717) is 18.6 Å². The highest BCUT2D eigenvalue weighted by atomic mass is 16.6. The molecule has 0 spiro atoms. The minimum absolute atomic E-state index is 0.0359. The summed E-state index contributed by atoms with van der Waals surface area (Å²) in [6.45, 7) is 0.502. The lowest BCUT2D eigenvalue weighted by Gasteiger charge is -2.11. The second-order valence-corrected chi connectivity index (χ2v) is 7.56. The second-order valence-electron chi connectivity index (χ2n) is 7.56. The first-order chi connectivity index (χ1) is 16.1. The lowest BCUT2D eigenvalue weighted by molar-refractivity contribution is -0.384. The van der Waals surface area contributed by atoms with Crippen LogP contribution in [0.5, 0.6) is 5.75 Å². The first kappa shape index (κ1) is 22.1. The van der Waals surface area contributed by atoms with E-state index in [0.717, 1.165) is 16.9 Å². The zero-order valence-corrected chi connectivity index (χ0v) is 17.7. The number of nitrogens with one attached hydrogen (secondary N) is 3. The average molecular weight is 445 g/mol. The molecule has 3 aromatic carbocycles. The Morgan fingerprint density at radius 3 is 2.64 bits per heavy atom. The van der Waals surface area contributed by atoms with Gasteiger partial charge in [-0.2, -0.15) is 5.10 Å². The van der Waals surface area contributed by atoms with Crippen LogP contribution >= 0.6 is 0 Å². The van der Waals surface area contributed by atoms with Gasteiger partial charge in [0, 0.05) is 23.7 Å². The molecule has 0 aromatic heterocycles. The highest BCUT2D eigenvalue weighted by Crippen LogP contribution is 2.24. The summed E-state index contributed by atoms with van der Waals surface area (Å²) in [5.74, 6) is 0.479. The van der Waals surface area contributed by atoms with Crippen molar-refractivity contribution in [2.75, 3.05) is 0 Å². The van der Waals surface area contributed by atoms with Crippen molar-refractivity contribution in [2.45, 2.75) is 25.1 Å². The topological polar surface area (TPSA) is 118 Å². The summed E-state index contributed by atoms with van der Waals surface area (Å²) in [5, 5.41) is 14.7. The quantitative estimate of drug-likeness (QED) is 0.278. The van der Waals surface area contributed by atoms with Gasteiger partial charge in [0.1, 0.15) is 18.4 Å². The van der Waals surface area contributed by atoms with Crippen LogP contribution < -0.4 is 21.0 Å². The summed E-state index contributed by atoms with van der Waals surface area (Å²) < 4.78 is 5.82.